The molecule has 0 unspecified atom stereocenters. The van der Waals surface area contributed by atoms with Crippen molar-refractivity contribution in [2.45, 2.75) is 0 Å². The Morgan fingerprint density at radius 1 is 1.00 bits per heavy atom. The highest BCUT2D eigenvalue weighted by atomic mass is 32.2. The van der Waals surface area contributed by atoms with Gasteiger partial charge in [0.15, 0.2) is 0 Å². The summed E-state index contributed by atoms with van der Waals surface area (Å²) in [4.78, 5) is 0. The Hall–Kier alpha value is -0.420. The van der Waals surface area contributed by atoms with E-state index < -0.39 is 10.6 Å². The summed E-state index contributed by atoms with van der Waals surface area (Å²) in [5.41, 5.74) is 0. The van der Waals surface area contributed by atoms with Gasteiger partial charge in [-0.25, -0.2) is 0 Å². The van der Waals surface area contributed by atoms with E-state index in [0.717, 1.165) is 0 Å². The van der Waals surface area contributed by atoms with E-state index in [-0.39, 0.29) is 5.48 Å². The van der Waals surface area contributed by atoms with E-state index in [2.05, 4.69) is 0 Å². The predicted molar refractivity (Wildman–Crippen MR) is 13.3 cm³/mol. The summed E-state index contributed by atoms with van der Waals surface area (Å²) in [5.74, 6) is 0. The minimum atomic E-state index is -3.11. The molecule has 0 bridgehead atoms. The minimum absolute atomic E-state index is 0. The highest BCUT2D eigenvalue weighted by Gasteiger charge is 1.40. The largest absolute Gasteiger partial charge is 0.425 e. The minimum Gasteiger partial charge on any atom is -0.412 e. The van der Waals surface area contributed by atoms with Crippen molar-refractivity contribution in [2.75, 3.05) is 0 Å². The molecule has 2 N–H and O–H groups in total. The van der Waals surface area contributed by atoms with Crippen molar-refractivity contribution in [3.63, 3.8) is 0 Å². The lowest BCUT2D eigenvalue weighted by Crippen LogP contribution is -1.40. The van der Waals surface area contributed by atoms with Crippen LogP contribution in [0.3, 0.4) is 0 Å². The van der Waals surface area contributed by atoms with Gasteiger partial charge in [0.25, 0.3) is 0 Å². The second kappa shape index (κ2) is 3.58. The third kappa shape index (κ3) is 50.7. The van der Waals surface area contributed by atoms with Crippen LogP contribution in [-0.4, -0.2) is 18.1 Å². The summed E-state index contributed by atoms with van der Waals surface area (Å²) >= 11 is 0. The molecule has 0 radical (unpaired) electrons. The summed E-state index contributed by atoms with van der Waals surface area (Å²) in [5, 5.41) is 0. The smallest absolute Gasteiger partial charge is 0.412 e. The highest BCUT2D eigenvalue weighted by Crippen LogP contribution is 1.07. The molecule has 0 aromatic heterocycles. The Morgan fingerprint density at radius 2 is 1.00 bits per heavy atom. The van der Waals surface area contributed by atoms with E-state index in [1.165, 1.54) is 0 Å². The lowest BCUT2D eigenvalue weighted by atomic mass is 15.9. The molecule has 5 heteroatoms. The maximum absolute atomic E-state index is 8.44. The van der Waals surface area contributed by atoms with Crippen molar-refractivity contribution in [3.8, 4) is 0 Å². The maximum Gasteiger partial charge on any atom is 0.425 e. The predicted octanol–water partition coefficient (Wildman–Crippen LogP) is -1.83. The van der Waals surface area contributed by atoms with Gasteiger partial charge in [-0.2, -0.15) is 0 Å². The molecule has 0 aliphatic carbocycles. The van der Waals surface area contributed by atoms with E-state index in [4.69, 9.17) is 12.6 Å². The fraction of sp³-hybridized carbons (Fsp3) is 0. The Bertz CT molecular complexity index is 73.0. The summed E-state index contributed by atoms with van der Waals surface area (Å²) in [6.45, 7) is 0. The second-order valence-corrected chi connectivity index (χ2v) is 0.612. The topological polar surface area (TPSA) is 82.7 Å². The Balaban J connectivity index is 0. The lowest BCUT2D eigenvalue weighted by Gasteiger charge is -1.11. The molecular weight excluding hydrogens is 96.1 g/mol. The van der Waals surface area contributed by atoms with Gasteiger partial charge in [0, 0.05) is 0 Å². The molecule has 0 aromatic rings. The number of hydrogen-bond donors (Lipinski definition) is 0. The summed E-state index contributed by atoms with van der Waals surface area (Å²) in [6.07, 6.45) is 0. The van der Waals surface area contributed by atoms with Crippen LogP contribution in [0.2, 0.25) is 0 Å². The van der Waals surface area contributed by atoms with Crippen LogP contribution in [0.15, 0.2) is 0 Å². The van der Waals surface area contributed by atoms with Crippen molar-refractivity contribution < 1.29 is 18.1 Å². The number of rotatable bonds is 0. The van der Waals surface area contributed by atoms with Gasteiger partial charge in [0.2, 0.25) is 0 Å². The molecule has 5 heavy (non-hydrogen) atoms. The molecule has 4 nitrogen and oxygen atoms in total. The van der Waals surface area contributed by atoms with Gasteiger partial charge in [0.05, 0.1) is 0 Å². The fourth-order valence-electron chi connectivity index (χ4n) is 0. The molecule has 0 saturated heterocycles. The van der Waals surface area contributed by atoms with Gasteiger partial charge >= 0.3 is 10.6 Å². The van der Waals surface area contributed by atoms with E-state index in [1.807, 2.05) is 0 Å². The monoisotopic (exact) mass is 98.0 g/mol. The molecule has 0 amide bonds. The van der Waals surface area contributed by atoms with Crippen LogP contribution in [0.5, 0.6) is 0 Å². The van der Waals surface area contributed by atoms with Crippen LogP contribution in [0, 0.1) is 0 Å². The van der Waals surface area contributed by atoms with Crippen molar-refractivity contribution in [3.05, 3.63) is 0 Å². The molecule has 0 aliphatic heterocycles. The average Bonchev–Trinajstić information content (AvgIpc) is 0.811. The molecule has 32 valence electrons. The van der Waals surface area contributed by atoms with Gasteiger partial charge in [0.1, 0.15) is 0 Å². The first-order valence-corrected chi connectivity index (χ1v) is 1.50. The number of hydrogen-bond acceptors (Lipinski definition) is 3. The summed E-state index contributed by atoms with van der Waals surface area (Å²) < 4.78 is 25.3. The fourth-order valence-corrected chi connectivity index (χ4v) is 0. The highest BCUT2D eigenvalue weighted by molar-refractivity contribution is 7.59. The third-order valence-electron chi connectivity index (χ3n) is 0. The Morgan fingerprint density at radius 3 is 1.00 bits per heavy atom. The molecular formula is H2O4S. The zero-order valence-electron chi connectivity index (χ0n) is 2.13. The normalized spacial score (nSPS) is 4.80. The van der Waals surface area contributed by atoms with E-state index in [0.29, 0.717) is 0 Å². The molecule has 0 rings (SSSR count). The van der Waals surface area contributed by atoms with Crippen molar-refractivity contribution in [1.29, 1.82) is 0 Å². The van der Waals surface area contributed by atoms with E-state index in [1.54, 1.807) is 0 Å². The SMILES string of the molecule is O.O=S(=O)=O. The molecule has 0 saturated carbocycles. The molecule has 0 spiro atoms. The average molecular weight is 98.1 g/mol. The first-order valence-electron chi connectivity index (χ1n) is 0.500. The van der Waals surface area contributed by atoms with Crippen LogP contribution in [0.25, 0.3) is 0 Å². The maximum atomic E-state index is 8.44. The molecule has 0 atom stereocenters. The molecule has 0 aliphatic rings. The molecule has 0 aromatic carbocycles. The van der Waals surface area contributed by atoms with Crippen LogP contribution in [-0.2, 0) is 10.6 Å². The van der Waals surface area contributed by atoms with Gasteiger partial charge in [-0.05, 0) is 0 Å². The summed E-state index contributed by atoms with van der Waals surface area (Å²) in [7, 11) is -3.11. The van der Waals surface area contributed by atoms with Crippen LogP contribution in [0.1, 0.15) is 0 Å². The van der Waals surface area contributed by atoms with E-state index >= 15 is 0 Å². The third-order valence-corrected chi connectivity index (χ3v) is 0. The van der Waals surface area contributed by atoms with E-state index in [9.17, 15) is 0 Å². The van der Waals surface area contributed by atoms with Gasteiger partial charge in [-0.3, -0.25) is 0 Å². The van der Waals surface area contributed by atoms with Crippen LogP contribution < -0.4 is 0 Å². The quantitative estimate of drug-likeness (QED) is 0.357. The lowest BCUT2D eigenvalue weighted by molar-refractivity contribution is 0.559. The van der Waals surface area contributed by atoms with Gasteiger partial charge in [-0.15, -0.1) is 12.6 Å². The Kier molecular flexibility index (Phi) is 6.31. The van der Waals surface area contributed by atoms with Gasteiger partial charge in [-0.1, -0.05) is 0 Å². The first-order chi connectivity index (χ1) is 1.73. The van der Waals surface area contributed by atoms with Crippen LogP contribution in [0.4, 0.5) is 0 Å². The van der Waals surface area contributed by atoms with Crippen LogP contribution >= 0.6 is 0 Å². The zero-order valence-corrected chi connectivity index (χ0v) is 2.95. The standard InChI is InChI=1S/O3S.H2O/c1-4(2)3;/h;1H2. The zero-order chi connectivity index (χ0) is 3.58. The molecule has 0 heterocycles. The Labute approximate surface area is 29.8 Å². The first kappa shape index (κ1) is 8.82. The van der Waals surface area contributed by atoms with Crippen molar-refractivity contribution in [2.24, 2.45) is 0 Å². The molecule has 0 fully saturated rings. The van der Waals surface area contributed by atoms with Gasteiger partial charge < -0.3 is 5.48 Å². The second-order valence-electron chi connectivity index (χ2n) is 0.204. The van der Waals surface area contributed by atoms with Crippen molar-refractivity contribution >= 4 is 10.6 Å². The summed E-state index contributed by atoms with van der Waals surface area (Å²) in [6, 6.07) is 0. The van der Waals surface area contributed by atoms with Crippen molar-refractivity contribution in [1.82, 2.24) is 0 Å².